The zero-order valence-electron chi connectivity index (χ0n) is 12.2. The minimum Gasteiger partial charge on any atom is -0.480 e. The third-order valence-electron chi connectivity index (χ3n) is 2.89. The second-order valence-electron chi connectivity index (χ2n) is 4.68. The number of nitrogens with zero attached hydrogens (tertiary/aromatic N) is 1. The van der Waals surface area contributed by atoms with Crippen LogP contribution >= 0.6 is 12.6 Å². The van der Waals surface area contributed by atoms with Gasteiger partial charge in [0.2, 0.25) is 10.0 Å². The highest BCUT2D eigenvalue weighted by Gasteiger charge is 2.24. The summed E-state index contributed by atoms with van der Waals surface area (Å²) < 4.78 is 31.1. The van der Waals surface area contributed by atoms with E-state index < -0.39 is 22.6 Å². The largest absolute Gasteiger partial charge is 0.480 e. The molecule has 0 spiro atoms. The van der Waals surface area contributed by atoms with Crippen LogP contribution < -0.4 is 0 Å². The van der Waals surface area contributed by atoms with E-state index in [1.165, 1.54) is 7.05 Å². The SMILES string of the molecule is Cc1cc(S)cc(C)c1S(=O)(=O)N(C)CCOCC(=O)O. The molecule has 0 saturated carbocycles. The number of aryl methyl sites for hydroxylation is 2. The molecular weight excluding hydrogens is 314 g/mol. The van der Waals surface area contributed by atoms with Gasteiger partial charge in [-0.15, -0.1) is 12.6 Å². The molecule has 0 bridgehead atoms. The van der Waals surface area contributed by atoms with E-state index in [4.69, 9.17) is 9.84 Å². The molecule has 0 amide bonds. The van der Waals surface area contributed by atoms with Gasteiger partial charge in [0.25, 0.3) is 0 Å². The summed E-state index contributed by atoms with van der Waals surface area (Å²) in [5.74, 6) is -1.09. The molecule has 0 heterocycles. The number of thiol groups is 1. The van der Waals surface area contributed by atoms with Crippen LogP contribution in [0.3, 0.4) is 0 Å². The number of carbonyl (C=O) groups is 1. The van der Waals surface area contributed by atoms with Crippen LogP contribution in [0.1, 0.15) is 11.1 Å². The summed E-state index contributed by atoms with van der Waals surface area (Å²) in [6.07, 6.45) is 0. The quantitative estimate of drug-likeness (QED) is 0.581. The van der Waals surface area contributed by atoms with Crippen molar-refractivity contribution >= 4 is 28.6 Å². The molecule has 0 radical (unpaired) electrons. The van der Waals surface area contributed by atoms with Crippen molar-refractivity contribution in [2.24, 2.45) is 0 Å². The zero-order chi connectivity index (χ0) is 16.2. The van der Waals surface area contributed by atoms with E-state index in [2.05, 4.69) is 12.6 Å². The van der Waals surface area contributed by atoms with Crippen molar-refractivity contribution in [1.82, 2.24) is 4.31 Å². The van der Waals surface area contributed by atoms with Gasteiger partial charge in [-0.25, -0.2) is 13.2 Å². The predicted molar refractivity (Wildman–Crippen MR) is 81.4 cm³/mol. The molecule has 1 aromatic rings. The molecule has 1 aromatic carbocycles. The molecule has 1 rings (SSSR count). The highest BCUT2D eigenvalue weighted by Crippen LogP contribution is 2.25. The third kappa shape index (κ3) is 4.70. The molecule has 8 heteroatoms. The van der Waals surface area contributed by atoms with Crippen molar-refractivity contribution in [2.75, 3.05) is 26.8 Å². The minimum atomic E-state index is -3.65. The van der Waals surface area contributed by atoms with E-state index in [1.54, 1.807) is 26.0 Å². The third-order valence-corrected chi connectivity index (χ3v) is 5.31. The maximum atomic E-state index is 12.5. The first-order valence-corrected chi connectivity index (χ1v) is 8.11. The number of carboxylic acid groups (broad SMARTS) is 1. The molecule has 0 aliphatic rings. The van der Waals surface area contributed by atoms with Crippen LogP contribution in [0.5, 0.6) is 0 Å². The topological polar surface area (TPSA) is 83.9 Å². The standard InChI is InChI=1S/C13H19NO5S2/c1-9-6-11(20)7-10(2)13(9)21(17,18)14(3)4-5-19-8-12(15)16/h6-7,20H,4-5,8H2,1-3H3,(H,15,16). The summed E-state index contributed by atoms with van der Waals surface area (Å²) in [5.41, 5.74) is 1.25. The number of benzene rings is 1. The van der Waals surface area contributed by atoms with Crippen LogP contribution in [0, 0.1) is 13.8 Å². The lowest BCUT2D eigenvalue weighted by Gasteiger charge is -2.20. The normalized spacial score (nSPS) is 11.9. The van der Waals surface area contributed by atoms with Gasteiger partial charge in [-0.1, -0.05) is 0 Å². The Hall–Kier alpha value is -1.09. The number of sulfonamides is 1. The van der Waals surface area contributed by atoms with Crippen molar-refractivity contribution in [3.63, 3.8) is 0 Å². The highest BCUT2D eigenvalue weighted by molar-refractivity contribution is 7.89. The van der Waals surface area contributed by atoms with Crippen molar-refractivity contribution in [2.45, 2.75) is 23.6 Å². The van der Waals surface area contributed by atoms with E-state index >= 15 is 0 Å². The molecule has 0 saturated heterocycles. The van der Waals surface area contributed by atoms with Gasteiger partial charge in [0.1, 0.15) is 6.61 Å². The molecule has 1 N–H and O–H groups in total. The van der Waals surface area contributed by atoms with Crippen LogP contribution in [-0.4, -0.2) is 50.6 Å². The van der Waals surface area contributed by atoms with Gasteiger partial charge < -0.3 is 9.84 Å². The molecule has 0 atom stereocenters. The van der Waals surface area contributed by atoms with Crippen LogP contribution in [0.15, 0.2) is 21.9 Å². The van der Waals surface area contributed by atoms with Crippen LogP contribution in [0.25, 0.3) is 0 Å². The Morgan fingerprint density at radius 1 is 1.33 bits per heavy atom. The van der Waals surface area contributed by atoms with Gasteiger partial charge in [-0.05, 0) is 37.1 Å². The molecule has 21 heavy (non-hydrogen) atoms. The van der Waals surface area contributed by atoms with Crippen molar-refractivity contribution < 1.29 is 23.1 Å². The first-order valence-electron chi connectivity index (χ1n) is 6.22. The number of hydrogen-bond acceptors (Lipinski definition) is 5. The average molecular weight is 333 g/mol. The second kappa shape index (κ2) is 7.26. The Kier molecular flexibility index (Phi) is 6.21. The van der Waals surface area contributed by atoms with Crippen molar-refractivity contribution in [1.29, 1.82) is 0 Å². The van der Waals surface area contributed by atoms with Crippen LogP contribution in [0.2, 0.25) is 0 Å². The number of aliphatic carboxylic acids is 1. The maximum absolute atomic E-state index is 12.5. The molecule has 0 aliphatic carbocycles. The number of hydrogen-bond donors (Lipinski definition) is 2. The molecule has 6 nitrogen and oxygen atoms in total. The summed E-state index contributed by atoms with van der Waals surface area (Å²) in [4.78, 5) is 11.3. The Balaban J connectivity index is 2.88. The smallest absolute Gasteiger partial charge is 0.329 e. The fourth-order valence-electron chi connectivity index (χ4n) is 1.96. The lowest BCUT2D eigenvalue weighted by molar-refractivity contribution is -0.142. The first kappa shape index (κ1) is 18.0. The Labute approximate surface area is 130 Å². The molecule has 0 unspecified atom stereocenters. The lowest BCUT2D eigenvalue weighted by Crippen LogP contribution is -2.31. The average Bonchev–Trinajstić information content (AvgIpc) is 2.32. The van der Waals surface area contributed by atoms with E-state index in [1.807, 2.05) is 0 Å². The fraction of sp³-hybridized carbons (Fsp3) is 0.462. The fourth-order valence-corrected chi connectivity index (χ4v) is 3.91. The summed E-state index contributed by atoms with van der Waals surface area (Å²) in [6.45, 7) is 3.09. The van der Waals surface area contributed by atoms with E-state index in [-0.39, 0.29) is 18.0 Å². The lowest BCUT2D eigenvalue weighted by atomic mass is 10.2. The zero-order valence-corrected chi connectivity index (χ0v) is 13.9. The molecule has 118 valence electrons. The summed E-state index contributed by atoms with van der Waals surface area (Å²) in [7, 11) is -2.21. The Morgan fingerprint density at radius 3 is 2.33 bits per heavy atom. The van der Waals surface area contributed by atoms with E-state index in [0.717, 1.165) is 4.31 Å². The van der Waals surface area contributed by atoms with Gasteiger partial charge in [0.15, 0.2) is 0 Å². The monoisotopic (exact) mass is 333 g/mol. The first-order chi connectivity index (χ1) is 9.66. The molecule has 0 fully saturated rings. The molecular formula is C13H19NO5S2. The van der Waals surface area contributed by atoms with Crippen LogP contribution in [0.4, 0.5) is 0 Å². The number of ether oxygens (including phenoxy) is 1. The molecule has 0 aliphatic heterocycles. The van der Waals surface area contributed by atoms with Gasteiger partial charge in [0, 0.05) is 18.5 Å². The summed E-state index contributed by atoms with van der Waals surface area (Å²) in [6, 6.07) is 3.38. The van der Waals surface area contributed by atoms with Crippen LogP contribution in [-0.2, 0) is 19.6 Å². The summed E-state index contributed by atoms with van der Waals surface area (Å²) >= 11 is 4.22. The Morgan fingerprint density at radius 2 is 1.86 bits per heavy atom. The van der Waals surface area contributed by atoms with Gasteiger partial charge in [0.05, 0.1) is 11.5 Å². The number of carboxylic acids is 1. The molecule has 0 aromatic heterocycles. The van der Waals surface area contributed by atoms with Crippen molar-refractivity contribution in [3.8, 4) is 0 Å². The number of rotatable bonds is 7. The number of likely N-dealkylation sites (N-methyl/N-ethyl adjacent to an activating group) is 1. The Bertz CT molecular complexity index is 604. The predicted octanol–water partition coefficient (Wildman–Crippen LogP) is 1.31. The second-order valence-corrected chi connectivity index (χ2v) is 7.18. The maximum Gasteiger partial charge on any atom is 0.329 e. The minimum absolute atomic E-state index is 0.0186. The van der Waals surface area contributed by atoms with Gasteiger partial charge in [-0.3, -0.25) is 0 Å². The highest BCUT2D eigenvalue weighted by atomic mass is 32.2. The van der Waals surface area contributed by atoms with Gasteiger partial charge >= 0.3 is 5.97 Å². The van der Waals surface area contributed by atoms with Gasteiger partial charge in [-0.2, -0.15) is 4.31 Å². The van der Waals surface area contributed by atoms with E-state index in [9.17, 15) is 13.2 Å². The van der Waals surface area contributed by atoms with Crippen molar-refractivity contribution in [3.05, 3.63) is 23.3 Å². The van der Waals surface area contributed by atoms with E-state index in [0.29, 0.717) is 16.0 Å². The summed E-state index contributed by atoms with van der Waals surface area (Å²) in [5, 5.41) is 8.45.